The first-order chi connectivity index (χ1) is 13.6. The van der Waals surface area contributed by atoms with Crippen molar-refractivity contribution in [3.63, 3.8) is 0 Å². The van der Waals surface area contributed by atoms with E-state index in [-0.39, 0.29) is 5.82 Å². The zero-order valence-electron chi connectivity index (χ0n) is 17.9. The van der Waals surface area contributed by atoms with Crippen molar-refractivity contribution >= 4 is 11.6 Å². The van der Waals surface area contributed by atoms with Crippen molar-refractivity contribution in [2.24, 2.45) is 17.8 Å². The van der Waals surface area contributed by atoms with E-state index in [1.54, 1.807) is 0 Å². The van der Waals surface area contributed by atoms with E-state index in [9.17, 15) is 4.39 Å². The molecule has 2 aliphatic rings. The van der Waals surface area contributed by atoms with Gasteiger partial charge in [-0.3, -0.25) is 0 Å². The molecule has 0 aromatic heterocycles. The zero-order chi connectivity index (χ0) is 19.9. The van der Waals surface area contributed by atoms with E-state index < -0.39 is 0 Å². The lowest BCUT2D eigenvalue weighted by Gasteiger charge is -2.38. The molecule has 0 bridgehead atoms. The first kappa shape index (κ1) is 21.9. The lowest BCUT2D eigenvalue weighted by atomic mass is 9.68. The van der Waals surface area contributed by atoms with Gasteiger partial charge in [-0.1, -0.05) is 62.1 Å². The summed E-state index contributed by atoms with van der Waals surface area (Å²) in [5.74, 6) is 3.05. The van der Waals surface area contributed by atoms with Crippen LogP contribution in [-0.2, 0) is 6.42 Å². The molecule has 2 saturated carbocycles. The number of halogens is 2. The fourth-order valence-corrected chi connectivity index (χ4v) is 6.07. The summed E-state index contributed by atoms with van der Waals surface area (Å²) in [5, 5.41) is 0.399. The van der Waals surface area contributed by atoms with Crippen molar-refractivity contribution in [2.75, 3.05) is 0 Å². The van der Waals surface area contributed by atoms with Gasteiger partial charge >= 0.3 is 0 Å². The molecule has 0 amide bonds. The van der Waals surface area contributed by atoms with Gasteiger partial charge in [-0.25, -0.2) is 4.39 Å². The van der Waals surface area contributed by atoms with Gasteiger partial charge in [0.05, 0.1) is 5.02 Å². The van der Waals surface area contributed by atoms with Crippen molar-refractivity contribution < 1.29 is 4.39 Å². The summed E-state index contributed by atoms with van der Waals surface area (Å²) in [6, 6.07) is 4.08. The van der Waals surface area contributed by atoms with Gasteiger partial charge in [-0.15, -0.1) is 0 Å². The van der Waals surface area contributed by atoms with Gasteiger partial charge in [-0.2, -0.15) is 0 Å². The summed E-state index contributed by atoms with van der Waals surface area (Å²) < 4.78 is 14.6. The summed E-state index contributed by atoms with van der Waals surface area (Å²) in [5.41, 5.74) is 1.83. The molecule has 2 heteroatoms. The minimum atomic E-state index is -0.167. The van der Waals surface area contributed by atoms with Crippen LogP contribution in [0, 0.1) is 23.6 Å². The van der Waals surface area contributed by atoms with Crippen molar-refractivity contribution in [2.45, 2.75) is 96.8 Å². The van der Waals surface area contributed by atoms with E-state index in [1.807, 2.05) is 6.07 Å². The van der Waals surface area contributed by atoms with Crippen LogP contribution in [0.3, 0.4) is 0 Å². The molecule has 1 aromatic rings. The molecule has 0 saturated heterocycles. The van der Waals surface area contributed by atoms with Crippen LogP contribution in [0.5, 0.6) is 0 Å². The Balaban J connectivity index is 1.49. The molecule has 0 N–H and O–H groups in total. The van der Waals surface area contributed by atoms with Crippen LogP contribution in [0.1, 0.15) is 102 Å². The van der Waals surface area contributed by atoms with Gasteiger partial charge in [0, 0.05) is 0 Å². The van der Waals surface area contributed by atoms with Crippen LogP contribution in [0.15, 0.2) is 24.3 Å². The molecule has 0 heterocycles. The summed E-state index contributed by atoms with van der Waals surface area (Å²) in [6.45, 7) is 4.20. The van der Waals surface area contributed by atoms with Gasteiger partial charge in [0.15, 0.2) is 0 Å². The minimum absolute atomic E-state index is 0.167. The third-order valence-corrected chi connectivity index (χ3v) is 7.84. The normalized spacial score (nSPS) is 28.7. The number of allylic oxidation sites excluding steroid dienone is 2. The molecule has 0 atom stereocenters. The SMILES string of the molecule is CC=CCCC1CCC(C2CCC(c3ccc(CCC)c(F)c3Cl)CC2)CC1. The van der Waals surface area contributed by atoms with Crippen molar-refractivity contribution in [3.05, 3.63) is 46.3 Å². The molecule has 1 aromatic carbocycles. The molecule has 3 rings (SSSR count). The van der Waals surface area contributed by atoms with Gasteiger partial charge in [0.2, 0.25) is 0 Å². The number of hydrogen-bond acceptors (Lipinski definition) is 0. The molecule has 28 heavy (non-hydrogen) atoms. The number of hydrogen-bond donors (Lipinski definition) is 0. The molecule has 0 unspecified atom stereocenters. The Labute approximate surface area is 176 Å². The van der Waals surface area contributed by atoms with Crippen molar-refractivity contribution in [3.8, 4) is 0 Å². The highest BCUT2D eigenvalue weighted by molar-refractivity contribution is 6.31. The number of aryl methyl sites for hydroxylation is 1. The van der Waals surface area contributed by atoms with Crippen LogP contribution >= 0.6 is 11.6 Å². The molecule has 0 spiro atoms. The molecule has 2 fully saturated rings. The molecule has 0 radical (unpaired) electrons. The smallest absolute Gasteiger partial charge is 0.145 e. The second-order valence-corrected chi connectivity index (χ2v) is 9.61. The summed E-state index contributed by atoms with van der Waals surface area (Å²) in [4.78, 5) is 0. The van der Waals surface area contributed by atoms with E-state index in [1.165, 1.54) is 64.2 Å². The fraction of sp³-hybridized carbons (Fsp3) is 0.692. The lowest BCUT2D eigenvalue weighted by Crippen LogP contribution is -2.25. The maximum Gasteiger partial charge on any atom is 0.145 e. The predicted octanol–water partition coefficient (Wildman–Crippen LogP) is 8.87. The Morgan fingerprint density at radius 1 is 1.00 bits per heavy atom. The van der Waals surface area contributed by atoms with Crippen molar-refractivity contribution in [1.82, 2.24) is 0 Å². The van der Waals surface area contributed by atoms with Crippen LogP contribution in [-0.4, -0.2) is 0 Å². The topological polar surface area (TPSA) is 0 Å². The average molecular weight is 405 g/mol. The maximum atomic E-state index is 14.6. The summed E-state index contributed by atoms with van der Waals surface area (Å²) in [6.07, 6.45) is 19.5. The highest BCUT2D eigenvalue weighted by Gasteiger charge is 2.32. The van der Waals surface area contributed by atoms with Crippen molar-refractivity contribution in [1.29, 1.82) is 0 Å². The predicted molar refractivity (Wildman–Crippen MR) is 120 cm³/mol. The molecule has 0 nitrogen and oxygen atoms in total. The van der Waals surface area contributed by atoms with Crippen LogP contribution in [0.4, 0.5) is 4.39 Å². The molecular formula is C26H38ClF. The standard InChI is InChI=1S/C26H38ClF/c1-3-5-6-8-19-9-11-20(12-10-19)21-13-15-22(16-14-21)24-18-17-23(7-4-2)26(28)25(24)27/h3,5,17-22H,4,6-16H2,1-2H3. The Morgan fingerprint density at radius 2 is 1.64 bits per heavy atom. The second kappa shape index (κ2) is 10.8. The third kappa shape index (κ3) is 5.41. The fourth-order valence-electron chi connectivity index (χ4n) is 5.73. The van der Waals surface area contributed by atoms with E-state index >= 15 is 0 Å². The van der Waals surface area contributed by atoms with Crippen LogP contribution < -0.4 is 0 Å². The molecule has 156 valence electrons. The summed E-state index contributed by atoms with van der Waals surface area (Å²) >= 11 is 6.44. The third-order valence-electron chi connectivity index (χ3n) is 7.46. The Morgan fingerprint density at radius 3 is 2.25 bits per heavy atom. The van der Waals surface area contributed by atoms with Crippen LogP contribution in [0.25, 0.3) is 0 Å². The van der Waals surface area contributed by atoms with E-state index in [0.717, 1.165) is 41.7 Å². The quantitative estimate of drug-likeness (QED) is 0.398. The highest BCUT2D eigenvalue weighted by Crippen LogP contribution is 2.46. The highest BCUT2D eigenvalue weighted by atomic mass is 35.5. The van der Waals surface area contributed by atoms with E-state index in [4.69, 9.17) is 11.6 Å². The Bertz CT molecular complexity index is 634. The molecule has 0 aliphatic heterocycles. The van der Waals surface area contributed by atoms with Gasteiger partial charge < -0.3 is 0 Å². The van der Waals surface area contributed by atoms with E-state index in [0.29, 0.717) is 10.9 Å². The van der Waals surface area contributed by atoms with Gasteiger partial charge in [0.25, 0.3) is 0 Å². The first-order valence-electron chi connectivity index (χ1n) is 11.7. The average Bonchev–Trinajstić information content (AvgIpc) is 2.73. The number of rotatable bonds is 7. The largest absolute Gasteiger partial charge is 0.205 e. The minimum Gasteiger partial charge on any atom is -0.205 e. The molecule has 2 aliphatic carbocycles. The monoisotopic (exact) mass is 404 g/mol. The van der Waals surface area contributed by atoms with Gasteiger partial charge in [-0.05, 0) is 99.5 Å². The van der Waals surface area contributed by atoms with Crippen LogP contribution in [0.2, 0.25) is 5.02 Å². The maximum absolute atomic E-state index is 14.6. The Kier molecular flexibility index (Phi) is 8.45. The zero-order valence-corrected chi connectivity index (χ0v) is 18.6. The number of benzene rings is 1. The van der Waals surface area contributed by atoms with E-state index in [2.05, 4.69) is 32.1 Å². The lowest BCUT2D eigenvalue weighted by molar-refractivity contribution is 0.157. The Hall–Kier alpha value is -0.820. The second-order valence-electron chi connectivity index (χ2n) is 9.23. The summed E-state index contributed by atoms with van der Waals surface area (Å²) in [7, 11) is 0. The van der Waals surface area contributed by atoms with Gasteiger partial charge in [0.1, 0.15) is 5.82 Å². The first-order valence-corrected chi connectivity index (χ1v) is 12.1. The molecular weight excluding hydrogens is 367 g/mol.